The predicted octanol–water partition coefficient (Wildman–Crippen LogP) is 2.85. The zero-order chi connectivity index (χ0) is 13.7. The van der Waals surface area contributed by atoms with E-state index in [9.17, 15) is 9.59 Å². The first kappa shape index (κ1) is 14.2. The third kappa shape index (κ3) is 4.20. The SMILES string of the molecule is CC(C)OC(=O)c1cccc(NC(=O)C(C)C)c1. The van der Waals surface area contributed by atoms with Gasteiger partial charge in [0, 0.05) is 11.6 Å². The average molecular weight is 249 g/mol. The van der Waals surface area contributed by atoms with Gasteiger partial charge in [-0.3, -0.25) is 4.79 Å². The van der Waals surface area contributed by atoms with Crippen LogP contribution in [-0.2, 0) is 9.53 Å². The molecule has 18 heavy (non-hydrogen) atoms. The molecule has 0 bridgehead atoms. The van der Waals surface area contributed by atoms with Crippen LogP contribution in [-0.4, -0.2) is 18.0 Å². The molecule has 0 aliphatic carbocycles. The Balaban J connectivity index is 2.79. The van der Waals surface area contributed by atoms with Gasteiger partial charge in [0.05, 0.1) is 11.7 Å². The molecule has 0 aromatic heterocycles. The molecule has 0 aliphatic rings. The van der Waals surface area contributed by atoms with Gasteiger partial charge in [0.25, 0.3) is 0 Å². The van der Waals surface area contributed by atoms with Crippen LogP contribution in [0.1, 0.15) is 38.1 Å². The lowest BCUT2D eigenvalue weighted by atomic mass is 10.1. The Morgan fingerprint density at radius 3 is 2.39 bits per heavy atom. The first-order chi connectivity index (χ1) is 8.40. The Bertz CT molecular complexity index is 438. The molecular weight excluding hydrogens is 230 g/mol. The number of benzene rings is 1. The van der Waals surface area contributed by atoms with Gasteiger partial charge in [-0.25, -0.2) is 4.79 Å². The highest BCUT2D eigenvalue weighted by Crippen LogP contribution is 2.13. The maximum Gasteiger partial charge on any atom is 0.338 e. The molecule has 0 aliphatic heterocycles. The van der Waals surface area contributed by atoms with E-state index in [1.807, 2.05) is 13.8 Å². The number of carbonyl (C=O) groups is 2. The molecule has 0 heterocycles. The van der Waals surface area contributed by atoms with Crippen LogP contribution >= 0.6 is 0 Å². The normalized spacial score (nSPS) is 10.6. The molecule has 1 rings (SSSR count). The fourth-order valence-corrected chi connectivity index (χ4v) is 1.29. The van der Waals surface area contributed by atoms with E-state index in [4.69, 9.17) is 4.74 Å². The third-order valence-electron chi connectivity index (χ3n) is 2.23. The van der Waals surface area contributed by atoms with Crippen molar-refractivity contribution < 1.29 is 14.3 Å². The van der Waals surface area contributed by atoms with Crippen LogP contribution in [0.15, 0.2) is 24.3 Å². The summed E-state index contributed by atoms with van der Waals surface area (Å²) >= 11 is 0. The number of hydrogen-bond acceptors (Lipinski definition) is 3. The van der Waals surface area contributed by atoms with Crippen molar-refractivity contribution in [2.24, 2.45) is 5.92 Å². The summed E-state index contributed by atoms with van der Waals surface area (Å²) < 4.78 is 5.09. The molecular formula is C14H19NO3. The molecule has 4 nitrogen and oxygen atoms in total. The summed E-state index contributed by atoms with van der Waals surface area (Å²) in [5.74, 6) is -0.564. The zero-order valence-corrected chi connectivity index (χ0v) is 11.2. The highest BCUT2D eigenvalue weighted by atomic mass is 16.5. The number of amides is 1. The predicted molar refractivity (Wildman–Crippen MR) is 70.5 cm³/mol. The molecule has 0 saturated carbocycles. The Morgan fingerprint density at radius 2 is 1.83 bits per heavy atom. The first-order valence-corrected chi connectivity index (χ1v) is 6.02. The molecule has 4 heteroatoms. The molecule has 1 aromatic rings. The average Bonchev–Trinajstić information content (AvgIpc) is 2.28. The van der Waals surface area contributed by atoms with Crippen LogP contribution in [0.5, 0.6) is 0 Å². The molecule has 1 N–H and O–H groups in total. The van der Waals surface area contributed by atoms with Gasteiger partial charge < -0.3 is 10.1 Å². The van der Waals surface area contributed by atoms with E-state index < -0.39 is 0 Å². The lowest BCUT2D eigenvalue weighted by molar-refractivity contribution is -0.118. The number of carbonyl (C=O) groups excluding carboxylic acids is 2. The van der Waals surface area contributed by atoms with Gasteiger partial charge in [-0.1, -0.05) is 19.9 Å². The van der Waals surface area contributed by atoms with Gasteiger partial charge in [0.15, 0.2) is 0 Å². The van der Waals surface area contributed by atoms with Crippen molar-refractivity contribution in [3.63, 3.8) is 0 Å². The molecule has 1 aromatic carbocycles. The summed E-state index contributed by atoms with van der Waals surface area (Å²) in [4.78, 5) is 23.2. The Hall–Kier alpha value is -1.84. The van der Waals surface area contributed by atoms with Crippen molar-refractivity contribution in [3.8, 4) is 0 Å². The van der Waals surface area contributed by atoms with Gasteiger partial charge in [-0.15, -0.1) is 0 Å². The van der Waals surface area contributed by atoms with Gasteiger partial charge in [-0.2, -0.15) is 0 Å². The number of esters is 1. The summed E-state index contributed by atoms with van der Waals surface area (Å²) in [5.41, 5.74) is 1.04. The summed E-state index contributed by atoms with van der Waals surface area (Å²) in [6.07, 6.45) is -0.161. The van der Waals surface area contributed by atoms with E-state index in [0.717, 1.165) is 0 Å². The highest BCUT2D eigenvalue weighted by Gasteiger charge is 2.11. The first-order valence-electron chi connectivity index (χ1n) is 6.02. The van der Waals surface area contributed by atoms with Crippen molar-refractivity contribution in [2.45, 2.75) is 33.8 Å². The van der Waals surface area contributed by atoms with Crippen LogP contribution in [0.2, 0.25) is 0 Å². The van der Waals surface area contributed by atoms with Crippen molar-refractivity contribution in [2.75, 3.05) is 5.32 Å². The number of nitrogens with one attached hydrogen (secondary N) is 1. The van der Waals surface area contributed by atoms with E-state index in [1.54, 1.807) is 38.1 Å². The van der Waals surface area contributed by atoms with Gasteiger partial charge in [0.2, 0.25) is 5.91 Å². The smallest absolute Gasteiger partial charge is 0.338 e. The fraction of sp³-hybridized carbons (Fsp3) is 0.429. The summed E-state index contributed by atoms with van der Waals surface area (Å²) in [5, 5.41) is 2.74. The lowest BCUT2D eigenvalue weighted by Crippen LogP contribution is -2.18. The molecule has 1 amide bonds. The summed E-state index contributed by atoms with van der Waals surface area (Å²) in [7, 11) is 0. The van der Waals surface area contributed by atoms with E-state index in [-0.39, 0.29) is 23.9 Å². The second-order valence-electron chi connectivity index (χ2n) is 4.68. The molecule has 0 spiro atoms. The van der Waals surface area contributed by atoms with Gasteiger partial charge in [-0.05, 0) is 32.0 Å². The van der Waals surface area contributed by atoms with Crippen molar-refractivity contribution in [1.29, 1.82) is 0 Å². The molecule has 0 atom stereocenters. The molecule has 0 radical (unpaired) electrons. The number of ether oxygens (including phenoxy) is 1. The van der Waals surface area contributed by atoms with Gasteiger partial charge >= 0.3 is 5.97 Å². The molecule has 98 valence electrons. The van der Waals surface area contributed by atoms with E-state index >= 15 is 0 Å². The topological polar surface area (TPSA) is 55.4 Å². The quantitative estimate of drug-likeness (QED) is 0.835. The van der Waals surface area contributed by atoms with E-state index in [0.29, 0.717) is 11.3 Å². The van der Waals surface area contributed by atoms with Crippen molar-refractivity contribution in [3.05, 3.63) is 29.8 Å². The van der Waals surface area contributed by atoms with Crippen molar-refractivity contribution in [1.82, 2.24) is 0 Å². The fourth-order valence-electron chi connectivity index (χ4n) is 1.29. The van der Waals surface area contributed by atoms with Crippen LogP contribution < -0.4 is 5.32 Å². The molecule has 0 saturated heterocycles. The highest BCUT2D eigenvalue weighted by molar-refractivity contribution is 5.95. The van der Waals surface area contributed by atoms with E-state index in [2.05, 4.69) is 5.32 Å². The Morgan fingerprint density at radius 1 is 1.17 bits per heavy atom. The second kappa shape index (κ2) is 6.19. The Labute approximate surface area is 107 Å². The standard InChI is InChI=1S/C14H19NO3/c1-9(2)13(16)15-12-7-5-6-11(8-12)14(17)18-10(3)4/h5-10H,1-4H3,(H,15,16). The largest absolute Gasteiger partial charge is 0.459 e. The maximum atomic E-state index is 11.7. The van der Waals surface area contributed by atoms with Crippen molar-refractivity contribution >= 4 is 17.6 Å². The number of anilines is 1. The molecule has 0 fully saturated rings. The summed E-state index contributed by atoms with van der Waals surface area (Å²) in [6.45, 7) is 7.21. The minimum atomic E-state index is -0.384. The Kier molecular flexibility index (Phi) is 4.89. The lowest BCUT2D eigenvalue weighted by Gasteiger charge is -2.10. The minimum absolute atomic E-state index is 0.0793. The monoisotopic (exact) mass is 249 g/mol. The van der Waals surface area contributed by atoms with Crippen LogP contribution in [0.3, 0.4) is 0 Å². The second-order valence-corrected chi connectivity index (χ2v) is 4.68. The van der Waals surface area contributed by atoms with E-state index in [1.165, 1.54) is 0 Å². The number of rotatable bonds is 4. The number of hydrogen-bond donors (Lipinski definition) is 1. The van der Waals surface area contributed by atoms with Crippen LogP contribution in [0.25, 0.3) is 0 Å². The maximum absolute atomic E-state index is 11.7. The summed E-state index contributed by atoms with van der Waals surface area (Å²) in [6, 6.07) is 6.74. The zero-order valence-electron chi connectivity index (χ0n) is 11.2. The molecule has 0 unspecified atom stereocenters. The third-order valence-corrected chi connectivity index (χ3v) is 2.23. The van der Waals surface area contributed by atoms with Crippen LogP contribution in [0, 0.1) is 5.92 Å². The van der Waals surface area contributed by atoms with Crippen LogP contribution in [0.4, 0.5) is 5.69 Å². The van der Waals surface area contributed by atoms with Gasteiger partial charge in [0.1, 0.15) is 0 Å². The minimum Gasteiger partial charge on any atom is -0.459 e.